The van der Waals surface area contributed by atoms with Crippen LogP contribution in [0.25, 0.3) is 0 Å². The molecule has 5 heteroatoms. The van der Waals surface area contributed by atoms with Crippen LogP contribution in [0.3, 0.4) is 0 Å². The number of benzene rings is 1. The third kappa shape index (κ3) is 3.12. The van der Waals surface area contributed by atoms with Crippen molar-refractivity contribution >= 4 is 15.5 Å². The summed E-state index contributed by atoms with van der Waals surface area (Å²) < 4.78 is 28.3. The zero-order valence-electron chi connectivity index (χ0n) is 9.85. The summed E-state index contributed by atoms with van der Waals surface area (Å²) in [4.78, 5) is 0. The summed E-state index contributed by atoms with van der Waals surface area (Å²) in [6, 6.07) is 7.55. The first-order valence-electron chi connectivity index (χ1n) is 5.71. The van der Waals surface area contributed by atoms with Gasteiger partial charge >= 0.3 is 0 Å². The summed E-state index contributed by atoms with van der Waals surface area (Å²) in [7, 11) is -1.27. The van der Waals surface area contributed by atoms with E-state index in [2.05, 4.69) is 5.32 Å². The Morgan fingerprint density at radius 2 is 2.12 bits per heavy atom. The van der Waals surface area contributed by atoms with Gasteiger partial charge in [-0.15, -0.1) is 0 Å². The fourth-order valence-electron chi connectivity index (χ4n) is 2.12. The third-order valence-electron chi connectivity index (χ3n) is 2.93. The van der Waals surface area contributed by atoms with Crippen LogP contribution >= 0.6 is 0 Å². The second-order valence-electron chi connectivity index (χ2n) is 4.30. The van der Waals surface area contributed by atoms with Crippen LogP contribution in [-0.2, 0) is 9.84 Å². The van der Waals surface area contributed by atoms with Crippen molar-refractivity contribution in [3.63, 3.8) is 0 Å². The zero-order chi connectivity index (χ0) is 12.3. The molecule has 1 atom stereocenters. The van der Waals surface area contributed by atoms with Gasteiger partial charge in [0, 0.05) is 6.04 Å². The van der Waals surface area contributed by atoms with Gasteiger partial charge in [-0.05, 0) is 25.0 Å². The number of hydrogen-bond donors (Lipinski definition) is 1. The van der Waals surface area contributed by atoms with Crippen molar-refractivity contribution in [3.8, 4) is 5.75 Å². The summed E-state index contributed by atoms with van der Waals surface area (Å²) in [5.74, 6) is 1.28. The van der Waals surface area contributed by atoms with Crippen molar-refractivity contribution in [3.05, 3.63) is 24.3 Å². The number of ether oxygens (including phenoxy) is 1. The Kier molecular flexibility index (Phi) is 3.57. The van der Waals surface area contributed by atoms with Crippen molar-refractivity contribution in [2.45, 2.75) is 18.9 Å². The highest BCUT2D eigenvalue weighted by molar-refractivity contribution is 7.91. The molecule has 1 aromatic carbocycles. The maximum absolute atomic E-state index is 11.5. The maximum atomic E-state index is 11.5. The van der Waals surface area contributed by atoms with Gasteiger partial charge in [-0.3, -0.25) is 0 Å². The molecule has 0 amide bonds. The Morgan fingerprint density at radius 1 is 1.35 bits per heavy atom. The van der Waals surface area contributed by atoms with Gasteiger partial charge in [0.25, 0.3) is 0 Å². The van der Waals surface area contributed by atoms with Gasteiger partial charge in [0.15, 0.2) is 9.84 Å². The summed E-state index contributed by atoms with van der Waals surface area (Å²) in [5.41, 5.74) is 0.858. The molecule has 0 radical (unpaired) electrons. The van der Waals surface area contributed by atoms with Crippen molar-refractivity contribution in [1.82, 2.24) is 0 Å². The molecule has 0 spiro atoms. The second kappa shape index (κ2) is 4.96. The van der Waals surface area contributed by atoms with Gasteiger partial charge in [0.2, 0.25) is 0 Å². The van der Waals surface area contributed by atoms with E-state index in [4.69, 9.17) is 4.74 Å². The van der Waals surface area contributed by atoms with Crippen LogP contribution in [0.2, 0.25) is 0 Å². The van der Waals surface area contributed by atoms with E-state index in [0.29, 0.717) is 5.75 Å². The number of para-hydroxylation sites is 2. The highest BCUT2D eigenvalue weighted by Crippen LogP contribution is 2.26. The Balaban J connectivity index is 2.10. The predicted octanol–water partition coefficient (Wildman–Crippen LogP) is 1.68. The van der Waals surface area contributed by atoms with Crippen LogP contribution in [0.15, 0.2) is 24.3 Å². The number of hydrogen-bond acceptors (Lipinski definition) is 4. The van der Waals surface area contributed by atoms with Gasteiger partial charge in [0.05, 0.1) is 24.3 Å². The number of rotatable bonds is 3. The first-order valence-corrected chi connectivity index (χ1v) is 7.53. The molecular weight excluding hydrogens is 238 g/mol. The molecule has 1 aromatic rings. The van der Waals surface area contributed by atoms with E-state index in [0.717, 1.165) is 24.3 Å². The molecule has 4 nitrogen and oxygen atoms in total. The van der Waals surface area contributed by atoms with E-state index < -0.39 is 9.84 Å². The molecule has 1 aliphatic rings. The van der Waals surface area contributed by atoms with Crippen molar-refractivity contribution < 1.29 is 13.2 Å². The molecule has 1 heterocycles. The summed E-state index contributed by atoms with van der Waals surface area (Å²) in [5, 5.41) is 3.25. The van der Waals surface area contributed by atoms with Crippen LogP contribution in [0, 0.1) is 0 Å². The topological polar surface area (TPSA) is 55.4 Å². The molecule has 0 bridgehead atoms. The minimum atomic E-state index is -2.87. The number of nitrogens with one attached hydrogen (secondary N) is 1. The molecule has 1 N–H and O–H groups in total. The zero-order valence-corrected chi connectivity index (χ0v) is 10.7. The lowest BCUT2D eigenvalue weighted by Gasteiger charge is -2.24. The third-order valence-corrected chi connectivity index (χ3v) is 4.75. The summed E-state index contributed by atoms with van der Waals surface area (Å²) >= 11 is 0. The Hall–Kier alpha value is -1.23. The van der Waals surface area contributed by atoms with E-state index in [1.807, 2.05) is 24.3 Å². The largest absolute Gasteiger partial charge is 0.495 e. The highest BCUT2D eigenvalue weighted by Gasteiger charge is 2.24. The fourth-order valence-corrected chi connectivity index (χ4v) is 3.76. The van der Waals surface area contributed by atoms with Gasteiger partial charge in [-0.25, -0.2) is 8.42 Å². The van der Waals surface area contributed by atoms with Crippen LogP contribution in [0.1, 0.15) is 12.8 Å². The molecule has 17 heavy (non-hydrogen) atoms. The van der Waals surface area contributed by atoms with Crippen molar-refractivity contribution in [2.24, 2.45) is 0 Å². The number of methoxy groups -OCH3 is 1. The lowest BCUT2D eigenvalue weighted by Crippen LogP contribution is -2.34. The van der Waals surface area contributed by atoms with Gasteiger partial charge < -0.3 is 10.1 Å². The summed E-state index contributed by atoms with van der Waals surface area (Å²) in [6.07, 6.45) is 1.62. The minimum absolute atomic E-state index is 0.00921. The Morgan fingerprint density at radius 3 is 2.82 bits per heavy atom. The normalized spacial score (nSPS) is 23.0. The fraction of sp³-hybridized carbons (Fsp3) is 0.500. The van der Waals surface area contributed by atoms with Crippen LogP contribution in [0.4, 0.5) is 5.69 Å². The average molecular weight is 255 g/mol. The molecule has 1 saturated heterocycles. The van der Waals surface area contributed by atoms with Crippen LogP contribution < -0.4 is 10.1 Å². The second-order valence-corrected chi connectivity index (χ2v) is 6.53. The molecule has 1 unspecified atom stereocenters. The average Bonchev–Trinajstić information content (AvgIpc) is 2.28. The van der Waals surface area contributed by atoms with Crippen LogP contribution in [0.5, 0.6) is 5.75 Å². The molecule has 1 fully saturated rings. The van der Waals surface area contributed by atoms with Crippen molar-refractivity contribution in [2.75, 3.05) is 23.9 Å². The predicted molar refractivity (Wildman–Crippen MR) is 68.3 cm³/mol. The molecule has 0 saturated carbocycles. The maximum Gasteiger partial charge on any atom is 0.152 e. The lowest BCUT2D eigenvalue weighted by atomic mass is 10.1. The van der Waals surface area contributed by atoms with Gasteiger partial charge in [-0.2, -0.15) is 0 Å². The van der Waals surface area contributed by atoms with E-state index in [-0.39, 0.29) is 11.8 Å². The molecular formula is C12H17NO3S. The highest BCUT2D eigenvalue weighted by atomic mass is 32.2. The van der Waals surface area contributed by atoms with Gasteiger partial charge in [-0.1, -0.05) is 12.1 Å². The van der Waals surface area contributed by atoms with E-state index in [1.165, 1.54) is 0 Å². The molecule has 0 aromatic heterocycles. The first kappa shape index (κ1) is 12.2. The first-order chi connectivity index (χ1) is 8.11. The summed E-state index contributed by atoms with van der Waals surface area (Å²) in [6.45, 7) is 0. The number of sulfone groups is 1. The Bertz CT molecular complexity index is 484. The monoisotopic (exact) mass is 255 g/mol. The SMILES string of the molecule is COc1ccccc1NC1CCCS(=O)(=O)C1. The quantitative estimate of drug-likeness (QED) is 0.893. The van der Waals surface area contributed by atoms with Crippen molar-refractivity contribution in [1.29, 1.82) is 0 Å². The van der Waals surface area contributed by atoms with Crippen LogP contribution in [-0.4, -0.2) is 33.1 Å². The molecule has 2 rings (SSSR count). The number of anilines is 1. The van der Waals surface area contributed by atoms with E-state index in [1.54, 1.807) is 7.11 Å². The minimum Gasteiger partial charge on any atom is -0.495 e. The smallest absolute Gasteiger partial charge is 0.152 e. The molecule has 0 aliphatic carbocycles. The Labute approximate surface area is 102 Å². The lowest BCUT2D eigenvalue weighted by molar-refractivity contribution is 0.415. The standard InChI is InChI=1S/C12H17NO3S/c1-16-12-7-3-2-6-11(12)13-10-5-4-8-17(14,15)9-10/h2-3,6-7,10,13H,4-5,8-9H2,1H3. The van der Waals surface area contributed by atoms with E-state index in [9.17, 15) is 8.42 Å². The van der Waals surface area contributed by atoms with Gasteiger partial charge in [0.1, 0.15) is 5.75 Å². The molecule has 1 aliphatic heterocycles. The molecule has 94 valence electrons. The van der Waals surface area contributed by atoms with E-state index >= 15 is 0 Å².